The highest BCUT2D eigenvalue weighted by molar-refractivity contribution is 5.31. The largest absolute Gasteiger partial charge is 0.482 e. The molecule has 1 aromatic carbocycles. The molecule has 0 aliphatic heterocycles. The van der Waals surface area contributed by atoms with Crippen LogP contribution in [0.4, 0.5) is 0 Å². The van der Waals surface area contributed by atoms with Crippen LogP contribution in [0.2, 0.25) is 0 Å². The van der Waals surface area contributed by atoms with Crippen LogP contribution in [0.5, 0.6) is 11.7 Å². The number of aliphatic hydroxyl groups is 1. The van der Waals surface area contributed by atoms with Crippen molar-refractivity contribution in [3.05, 3.63) is 82.1 Å². The number of benzene rings is 1. The molecule has 2 heterocycles. The van der Waals surface area contributed by atoms with Crippen LogP contribution < -0.4 is 14.9 Å². The van der Waals surface area contributed by atoms with Crippen molar-refractivity contribution >= 4 is 0 Å². The van der Waals surface area contributed by atoms with Crippen molar-refractivity contribution in [3.63, 3.8) is 0 Å². The Morgan fingerprint density at radius 3 is 2.62 bits per heavy atom. The summed E-state index contributed by atoms with van der Waals surface area (Å²) in [4.78, 5) is 12.1. The molecule has 124 valence electrons. The maximum absolute atomic E-state index is 12.1. The molecule has 1 unspecified atom stereocenters. The Morgan fingerprint density at radius 2 is 1.92 bits per heavy atom. The van der Waals surface area contributed by atoms with E-state index in [-0.39, 0.29) is 35.3 Å². The summed E-state index contributed by atoms with van der Waals surface area (Å²) in [5, 5.41) is 10.4. The minimum Gasteiger partial charge on any atom is -0.482 e. The van der Waals surface area contributed by atoms with Gasteiger partial charge in [0.1, 0.15) is 12.4 Å². The molecule has 0 aliphatic rings. The van der Waals surface area contributed by atoms with Crippen molar-refractivity contribution in [2.45, 2.75) is 12.7 Å². The number of methoxy groups -OCH3 is 1. The Hall–Kier alpha value is -2.99. The van der Waals surface area contributed by atoms with Gasteiger partial charge in [-0.3, -0.25) is 4.79 Å². The van der Waals surface area contributed by atoms with Crippen molar-refractivity contribution < 1.29 is 23.4 Å². The van der Waals surface area contributed by atoms with Crippen LogP contribution in [0.1, 0.15) is 23.2 Å². The second-order valence-electron chi connectivity index (χ2n) is 5.02. The number of rotatable bonds is 6. The smallest absolute Gasteiger partial charge is 0.284 e. The highest BCUT2D eigenvalue weighted by atomic mass is 16.6. The first-order valence-electron chi connectivity index (χ1n) is 7.29. The number of hydrogen-bond acceptors (Lipinski definition) is 6. The van der Waals surface area contributed by atoms with Gasteiger partial charge in [-0.2, -0.15) is 0 Å². The van der Waals surface area contributed by atoms with E-state index in [9.17, 15) is 9.90 Å². The van der Waals surface area contributed by atoms with Gasteiger partial charge in [-0.1, -0.05) is 30.3 Å². The van der Waals surface area contributed by atoms with Crippen molar-refractivity contribution in [2.24, 2.45) is 0 Å². The molecule has 0 spiro atoms. The second kappa shape index (κ2) is 7.06. The topological polar surface area (TPSA) is 82.0 Å². The average Bonchev–Trinajstić information content (AvgIpc) is 3.10. The van der Waals surface area contributed by atoms with Gasteiger partial charge in [0, 0.05) is 12.1 Å². The van der Waals surface area contributed by atoms with E-state index in [4.69, 9.17) is 18.3 Å². The van der Waals surface area contributed by atoms with E-state index in [1.54, 1.807) is 6.07 Å². The predicted molar refractivity (Wildman–Crippen MR) is 85.1 cm³/mol. The fourth-order valence-electron chi connectivity index (χ4n) is 2.20. The third kappa shape index (κ3) is 3.33. The molecule has 0 saturated carbocycles. The van der Waals surface area contributed by atoms with Gasteiger partial charge in [-0.15, -0.1) is 0 Å². The van der Waals surface area contributed by atoms with Crippen molar-refractivity contribution in [1.29, 1.82) is 0 Å². The number of aliphatic hydroxyl groups excluding tert-OH is 1. The van der Waals surface area contributed by atoms with Crippen LogP contribution in [0.25, 0.3) is 0 Å². The van der Waals surface area contributed by atoms with E-state index >= 15 is 0 Å². The molecule has 1 atom stereocenters. The molecule has 3 aromatic rings. The van der Waals surface area contributed by atoms with Gasteiger partial charge in [0.05, 0.1) is 13.4 Å². The molecule has 24 heavy (non-hydrogen) atoms. The third-order valence-corrected chi connectivity index (χ3v) is 3.41. The lowest BCUT2D eigenvalue weighted by molar-refractivity contribution is 0.142. The summed E-state index contributed by atoms with van der Waals surface area (Å²) in [5.74, 6) is 0.361. The molecule has 6 heteroatoms. The Morgan fingerprint density at radius 1 is 1.12 bits per heavy atom. The van der Waals surface area contributed by atoms with E-state index in [0.29, 0.717) is 0 Å². The average molecular weight is 328 g/mol. The Kier molecular flexibility index (Phi) is 4.67. The fraction of sp³-hybridized carbons (Fsp3) is 0.167. The van der Waals surface area contributed by atoms with Gasteiger partial charge in [0.15, 0.2) is 11.9 Å². The van der Waals surface area contributed by atoms with Crippen LogP contribution in [-0.2, 0) is 6.61 Å². The SMILES string of the molecule is COc1ccc(C(O)c2occc(=O)c2OCc2ccccc2)o1. The molecule has 6 nitrogen and oxygen atoms in total. The minimum absolute atomic E-state index is 0.0181. The monoisotopic (exact) mass is 328 g/mol. The van der Waals surface area contributed by atoms with Crippen molar-refractivity contribution in [1.82, 2.24) is 0 Å². The molecule has 2 aromatic heterocycles. The summed E-state index contributed by atoms with van der Waals surface area (Å²) in [6.07, 6.45) is -0.0789. The van der Waals surface area contributed by atoms with E-state index < -0.39 is 6.10 Å². The summed E-state index contributed by atoms with van der Waals surface area (Å²) in [7, 11) is 1.45. The van der Waals surface area contributed by atoms with E-state index in [1.807, 2.05) is 30.3 Å². The van der Waals surface area contributed by atoms with Crippen LogP contribution >= 0.6 is 0 Å². The Bertz CT molecular complexity index is 849. The maximum atomic E-state index is 12.1. The summed E-state index contributed by atoms with van der Waals surface area (Å²) < 4.78 is 21.2. The highest BCUT2D eigenvalue weighted by Crippen LogP contribution is 2.30. The van der Waals surface area contributed by atoms with E-state index in [1.165, 1.54) is 25.5 Å². The number of hydrogen-bond donors (Lipinski definition) is 1. The summed E-state index contributed by atoms with van der Waals surface area (Å²) in [6.45, 7) is 0.177. The zero-order chi connectivity index (χ0) is 16.9. The van der Waals surface area contributed by atoms with Gasteiger partial charge in [0.2, 0.25) is 11.2 Å². The molecule has 0 saturated heterocycles. The quantitative estimate of drug-likeness (QED) is 0.749. The first-order chi connectivity index (χ1) is 11.7. The fourth-order valence-corrected chi connectivity index (χ4v) is 2.20. The molecule has 0 radical (unpaired) electrons. The van der Waals surface area contributed by atoms with Gasteiger partial charge in [-0.05, 0) is 11.6 Å². The lowest BCUT2D eigenvalue weighted by Gasteiger charge is -2.12. The molecule has 1 N–H and O–H groups in total. The first-order valence-corrected chi connectivity index (χ1v) is 7.29. The van der Waals surface area contributed by atoms with Crippen LogP contribution in [0, 0.1) is 0 Å². The van der Waals surface area contributed by atoms with E-state index in [0.717, 1.165) is 5.56 Å². The Balaban J connectivity index is 1.88. The zero-order valence-corrected chi connectivity index (χ0v) is 13.0. The minimum atomic E-state index is -1.28. The van der Waals surface area contributed by atoms with E-state index in [2.05, 4.69) is 0 Å². The third-order valence-electron chi connectivity index (χ3n) is 3.41. The van der Waals surface area contributed by atoms with Crippen molar-refractivity contribution in [2.75, 3.05) is 7.11 Å². The summed E-state index contributed by atoms with van der Waals surface area (Å²) in [5.41, 5.74) is 0.505. The van der Waals surface area contributed by atoms with Gasteiger partial charge in [-0.25, -0.2) is 0 Å². The Labute approximate surface area is 137 Å². The van der Waals surface area contributed by atoms with Gasteiger partial charge < -0.3 is 23.4 Å². The summed E-state index contributed by atoms with van der Waals surface area (Å²) in [6, 6.07) is 13.7. The molecule has 0 fully saturated rings. The predicted octanol–water partition coefficient (Wildman–Crippen LogP) is 2.90. The van der Waals surface area contributed by atoms with Gasteiger partial charge >= 0.3 is 0 Å². The van der Waals surface area contributed by atoms with Crippen molar-refractivity contribution in [3.8, 4) is 11.7 Å². The van der Waals surface area contributed by atoms with Crippen LogP contribution in [0.3, 0.4) is 0 Å². The standard InChI is InChI=1S/C18H16O6/c1-21-15-8-7-14(24-15)16(20)18-17(13(19)9-10-22-18)23-11-12-5-3-2-4-6-12/h2-10,16,20H,11H2,1H3. The summed E-state index contributed by atoms with van der Waals surface area (Å²) >= 11 is 0. The lowest BCUT2D eigenvalue weighted by atomic mass is 10.2. The van der Waals surface area contributed by atoms with Crippen LogP contribution in [-0.4, -0.2) is 12.2 Å². The molecule has 0 amide bonds. The van der Waals surface area contributed by atoms with Gasteiger partial charge in [0.25, 0.3) is 5.95 Å². The second-order valence-corrected chi connectivity index (χ2v) is 5.02. The lowest BCUT2D eigenvalue weighted by Crippen LogP contribution is -2.12. The number of furan rings is 1. The molecular weight excluding hydrogens is 312 g/mol. The molecular formula is C18H16O6. The molecule has 3 rings (SSSR count). The van der Waals surface area contributed by atoms with Crippen LogP contribution in [0.15, 0.2) is 68.4 Å². The zero-order valence-electron chi connectivity index (χ0n) is 13.0. The first kappa shape index (κ1) is 15.9. The molecule has 0 aliphatic carbocycles. The molecule has 0 bridgehead atoms. The number of ether oxygens (including phenoxy) is 2. The maximum Gasteiger partial charge on any atom is 0.284 e. The highest BCUT2D eigenvalue weighted by Gasteiger charge is 2.24. The normalized spacial score (nSPS) is 11.9.